The van der Waals surface area contributed by atoms with Crippen molar-refractivity contribution in [3.8, 4) is 5.75 Å². The van der Waals surface area contributed by atoms with Crippen LogP contribution in [0.4, 0.5) is 0 Å². The Morgan fingerprint density at radius 3 is 2.43 bits per heavy atom. The van der Waals surface area contributed by atoms with Gasteiger partial charge in [-0.3, -0.25) is 0 Å². The first-order valence-corrected chi connectivity index (χ1v) is 7.76. The minimum Gasteiger partial charge on any atom is -0.482 e. The number of nitrogens with one attached hydrogen (secondary N) is 1. The van der Waals surface area contributed by atoms with Gasteiger partial charge in [0.2, 0.25) is 10.0 Å². The summed E-state index contributed by atoms with van der Waals surface area (Å²) in [5.41, 5.74) is 0. The Morgan fingerprint density at radius 1 is 1.19 bits per heavy atom. The van der Waals surface area contributed by atoms with Crippen LogP contribution in [-0.2, 0) is 24.3 Å². The van der Waals surface area contributed by atoms with Crippen molar-refractivity contribution in [1.82, 2.24) is 4.72 Å². The zero-order valence-corrected chi connectivity index (χ0v) is 12.8. The number of esters is 1. The predicted octanol–water partition coefficient (Wildman–Crippen LogP) is 0.553. The van der Waals surface area contributed by atoms with Crippen LogP contribution in [0.3, 0.4) is 0 Å². The highest BCUT2D eigenvalue weighted by Gasteiger charge is 2.13. The van der Waals surface area contributed by atoms with E-state index in [1.807, 2.05) is 0 Å². The van der Waals surface area contributed by atoms with Crippen LogP contribution in [0.1, 0.15) is 6.42 Å². The first kappa shape index (κ1) is 17.4. The number of rotatable bonds is 9. The van der Waals surface area contributed by atoms with E-state index in [0.29, 0.717) is 25.3 Å². The number of hydrogen-bond donors (Lipinski definition) is 1. The average Bonchev–Trinajstić information content (AvgIpc) is 2.49. The first-order chi connectivity index (χ1) is 9.99. The van der Waals surface area contributed by atoms with Crippen molar-refractivity contribution in [3.63, 3.8) is 0 Å². The second-order valence-corrected chi connectivity index (χ2v) is 5.85. The Bertz CT molecular complexity index is 540. The molecule has 118 valence electrons. The molecule has 1 aromatic rings. The third kappa shape index (κ3) is 6.11. The van der Waals surface area contributed by atoms with Crippen molar-refractivity contribution >= 4 is 16.0 Å². The van der Waals surface area contributed by atoms with Gasteiger partial charge < -0.3 is 14.2 Å². The molecular weight excluding hydrogens is 298 g/mol. The lowest BCUT2D eigenvalue weighted by molar-refractivity contribution is -0.142. The predicted molar refractivity (Wildman–Crippen MR) is 75.6 cm³/mol. The fourth-order valence-electron chi connectivity index (χ4n) is 1.42. The molecule has 0 radical (unpaired) electrons. The molecule has 0 unspecified atom stereocenters. The normalized spacial score (nSPS) is 11.1. The Kier molecular flexibility index (Phi) is 7.13. The van der Waals surface area contributed by atoms with E-state index in [2.05, 4.69) is 9.46 Å². The fourth-order valence-corrected chi connectivity index (χ4v) is 2.50. The molecule has 1 rings (SSSR count). The van der Waals surface area contributed by atoms with Crippen molar-refractivity contribution in [3.05, 3.63) is 24.3 Å². The zero-order chi connectivity index (χ0) is 15.7. The Morgan fingerprint density at radius 2 is 1.86 bits per heavy atom. The van der Waals surface area contributed by atoms with Gasteiger partial charge in [0.25, 0.3) is 0 Å². The second-order valence-electron chi connectivity index (χ2n) is 4.08. The molecule has 7 nitrogen and oxygen atoms in total. The SMILES string of the molecule is COCCCNS(=O)(=O)c1ccc(OCC(=O)OC)cc1. The van der Waals surface area contributed by atoms with Crippen molar-refractivity contribution < 1.29 is 27.4 Å². The summed E-state index contributed by atoms with van der Waals surface area (Å²) in [6.45, 7) is 0.567. The molecule has 0 bridgehead atoms. The third-order valence-electron chi connectivity index (χ3n) is 2.54. The fraction of sp³-hybridized carbons (Fsp3) is 0.462. The molecule has 0 heterocycles. The molecule has 21 heavy (non-hydrogen) atoms. The van der Waals surface area contributed by atoms with Crippen molar-refractivity contribution in [2.24, 2.45) is 0 Å². The molecular formula is C13H19NO6S. The molecule has 0 saturated heterocycles. The van der Waals surface area contributed by atoms with Gasteiger partial charge in [0.15, 0.2) is 6.61 Å². The van der Waals surface area contributed by atoms with Crippen molar-refractivity contribution in [1.29, 1.82) is 0 Å². The van der Waals surface area contributed by atoms with Gasteiger partial charge >= 0.3 is 5.97 Å². The van der Waals surface area contributed by atoms with Crippen LogP contribution in [0, 0.1) is 0 Å². The molecule has 0 atom stereocenters. The number of carbonyl (C=O) groups is 1. The van der Waals surface area contributed by atoms with Crippen LogP contribution in [-0.4, -0.2) is 48.4 Å². The summed E-state index contributed by atoms with van der Waals surface area (Å²) in [5, 5.41) is 0. The summed E-state index contributed by atoms with van der Waals surface area (Å²) >= 11 is 0. The van der Waals surface area contributed by atoms with E-state index < -0.39 is 16.0 Å². The first-order valence-electron chi connectivity index (χ1n) is 6.28. The Balaban J connectivity index is 2.57. The molecule has 0 saturated carbocycles. The highest BCUT2D eigenvalue weighted by Crippen LogP contribution is 2.15. The number of sulfonamides is 1. The maximum Gasteiger partial charge on any atom is 0.343 e. The van der Waals surface area contributed by atoms with E-state index >= 15 is 0 Å². The topological polar surface area (TPSA) is 90.9 Å². The lowest BCUT2D eigenvalue weighted by Crippen LogP contribution is -2.25. The number of benzene rings is 1. The number of carbonyl (C=O) groups excluding carboxylic acids is 1. The molecule has 0 fully saturated rings. The molecule has 0 aliphatic rings. The molecule has 0 spiro atoms. The van der Waals surface area contributed by atoms with Gasteiger partial charge in [0.05, 0.1) is 12.0 Å². The Hall–Kier alpha value is -1.64. The highest BCUT2D eigenvalue weighted by atomic mass is 32.2. The average molecular weight is 317 g/mol. The number of hydrogen-bond acceptors (Lipinski definition) is 6. The quantitative estimate of drug-likeness (QED) is 0.528. The van der Waals surface area contributed by atoms with E-state index in [4.69, 9.17) is 9.47 Å². The number of methoxy groups -OCH3 is 2. The van der Waals surface area contributed by atoms with Gasteiger partial charge in [-0.25, -0.2) is 17.9 Å². The van der Waals surface area contributed by atoms with Crippen molar-refractivity contribution in [2.45, 2.75) is 11.3 Å². The lowest BCUT2D eigenvalue weighted by Gasteiger charge is -2.08. The molecule has 0 aliphatic heterocycles. The highest BCUT2D eigenvalue weighted by molar-refractivity contribution is 7.89. The maximum atomic E-state index is 12.0. The molecule has 8 heteroatoms. The summed E-state index contributed by atoms with van der Waals surface area (Å²) in [6, 6.07) is 5.77. The molecule has 1 N–H and O–H groups in total. The summed E-state index contributed by atoms with van der Waals surface area (Å²) < 4.78 is 40.8. The van der Waals surface area contributed by atoms with E-state index in [-0.39, 0.29) is 11.5 Å². The van der Waals surface area contributed by atoms with E-state index in [1.165, 1.54) is 31.4 Å². The minimum absolute atomic E-state index is 0.130. The van der Waals surface area contributed by atoms with Gasteiger partial charge in [-0.15, -0.1) is 0 Å². The van der Waals surface area contributed by atoms with Gasteiger partial charge in [0, 0.05) is 20.3 Å². The molecule has 1 aromatic carbocycles. The van der Waals surface area contributed by atoms with E-state index in [1.54, 1.807) is 7.11 Å². The van der Waals surface area contributed by atoms with Gasteiger partial charge in [0.1, 0.15) is 5.75 Å². The van der Waals surface area contributed by atoms with Gasteiger partial charge in [-0.1, -0.05) is 0 Å². The van der Waals surface area contributed by atoms with Gasteiger partial charge in [-0.05, 0) is 30.7 Å². The van der Waals surface area contributed by atoms with Crippen LogP contribution < -0.4 is 9.46 Å². The smallest absolute Gasteiger partial charge is 0.343 e. The van der Waals surface area contributed by atoms with E-state index in [9.17, 15) is 13.2 Å². The third-order valence-corrected chi connectivity index (χ3v) is 4.01. The monoisotopic (exact) mass is 317 g/mol. The molecule has 0 amide bonds. The van der Waals surface area contributed by atoms with Crippen LogP contribution >= 0.6 is 0 Å². The molecule has 0 aromatic heterocycles. The Labute approximate surface area is 124 Å². The number of ether oxygens (including phenoxy) is 3. The van der Waals surface area contributed by atoms with E-state index in [0.717, 1.165) is 0 Å². The van der Waals surface area contributed by atoms with Crippen LogP contribution in [0.15, 0.2) is 29.2 Å². The van der Waals surface area contributed by atoms with Crippen LogP contribution in [0.2, 0.25) is 0 Å². The zero-order valence-electron chi connectivity index (χ0n) is 12.0. The molecule has 0 aliphatic carbocycles. The summed E-state index contributed by atoms with van der Waals surface area (Å²) in [4.78, 5) is 11.0. The minimum atomic E-state index is -3.55. The van der Waals surface area contributed by atoms with Crippen LogP contribution in [0.5, 0.6) is 5.75 Å². The second kappa shape index (κ2) is 8.60. The van der Waals surface area contributed by atoms with Crippen molar-refractivity contribution in [2.75, 3.05) is 34.0 Å². The van der Waals surface area contributed by atoms with Gasteiger partial charge in [-0.2, -0.15) is 0 Å². The standard InChI is InChI=1S/C13H19NO6S/c1-18-9-3-8-14-21(16,17)12-6-4-11(5-7-12)20-10-13(15)19-2/h4-7,14H,3,8-10H2,1-2H3. The maximum absolute atomic E-state index is 12.0. The summed E-state index contributed by atoms with van der Waals surface area (Å²) in [6.07, 6.45) is 0.593. The summed E-state index contributed by atoms with van der Waals surface area (Å²) in [5.74, 6) is -0.120. The van der Waals surface area contributed by atoms with Crippen LogP contribution in [0.25, 0.3) is 0 Å². The summed E-state index contributed by atoms with van der Waals surface area (Å²) in [7, 11) is -0.729. The largest absolute Gasteiger partial charge is 0.482 e. The lowest BCUT2D eigenvalue weighted by atomic mass is 10.3.